The second kappa shape index (κ2) is 5.25. The molecule has 0 saturated heterocycles. The molecular formula is C17H14N2O2. The van der Waals surface area contributed by atoms with Gasteiger partial charge in [-0.3, -0.25) is 0 Å². The molecule has 0 aliphatic rings. The molecule has 21 heavy (non-hydrogen) atoms. The molecule has 0 saturated carbocycles. The van der Waals surface area contributed by atoms with Crippen LogP contribution in [0.4, 0.5) is 11.4 Å². The zero-order valence-corrected chi connectivity index (χ0v) is 11.5. The second-order valence-electron chi connectivity index (χ2n) is 4.87. The van der Waals surface area contributed by atoms with Crippen molar-refractivity contribution in [1.82, 2.24) is 0 Å². The summed E-state index contributed by atoms with van der Waals surface area (Å²) in [5, 5.41) is 29.4. The Kier molecular flexibility index (Phi) is 3.28. The summed E-state index contributed by atoms with van der Waals surface area (Å²) in [6, 6.07) is 15.9. The van der Waals surface area contributed by atoms with Crippen molar-refractivity contribution >= 4 is 22.1 Å². The standard InChI is InChI=1S/C17H14N2O2/c1-11-2-6-13(7-3-11)18-19-17-15-10-14(20)8-4-12(15)5-9-16(17)21/h2-10,20-21H,1H3. The van der Waals surface area contributed by atoms with Crippen LogP contribution in [-0.2, 0) is 0 Å². The Morgan fingerprint density at radius 2 is 1.52 bits per heavy atom. The topological polar surface area (TPSA) is 65.2 Å². The zero-order chi connectivity index (χ0) is 14.8. The smallest absolute Gasteiger partial charge is 0.143 e. The summed E-state index contributed by atoms with van der Waals surface area (Å²) < 4.78 is 0. The lowest BCUT2D eigenvalue weighted by Crippen LogP contribution is -1.76. The van der Waals surface area contributed by atoms with Crippen LogP contribution >= 0.6 is 0 Å². The van der Waals surface area contributed by atoms with Crippen LogP contribution in [0.15, 0.2) is 64.8 Å². The van der Waals surface area contributed by atoms with Crippen molar-refractivity contribution in [1.29, 1.82) is 0 Å². The lowest BCUT2D eigenvalue weighted by atomic mass is 10.1. The Labute approximate surface area is 122 Å². The number of phenols is 2. The van der Waals surface area contributed by atoms with E-state index in [-0.39, 0.29) is 11.5 Å². The highest BCUT2D eigenvalue weighted by molar-refractivity contribution is 5.96. The summed E-state index contributed by atoms with van der Waals surface area (Å²) >= 11 is 0. The Morgan fingerprint density at radius 1 is 0.810 bits per heavy atom. The first-order valence-electron chi connectivity index (χ1n) is 6.56. The van der Waals surface area contributed by atoms with Gasteiger partial charge in [0.2, 0.25) is 0 Å². The lowest BCUT2D eigenvalue weighted by Gasteiger charge is -2.04. The Morgan fingerprint density at radius 3 is 2.29 bits per heavy atom. The molecule has 0 fully saturated rings. The van der Waals surface area contributed by atoms with Crippen molar-refractivity contribution in [2.75, 3.05) is 0 Å². The maximum atomic E-state index is 9.99. The third kappa shape index (κ3) is 2.69. The van der Waals surface area contributed by atoms with Crippen LogP contribution in [0, 0.1) is 6.92 Å². The van der Waals surface area contributed by atoms with Gasteiger partial charge in [-0.1, -0.05) is 29.8 Å². The Bertz CT molecular complexity index is 819. The van der Waals surface area contributed by atoms with Crippen molar-refractivity contribution < 1.29 is 10.2 Å². The van der Waals surface area contributed by atoms with Crippen LogP contribution in [0.2, 0.25) is 0 Å². The van der Waals surface area contributed by atoms with Gasteiger partial charge in [-0.15, -0.1) is 5.11 Å². The van der Waals surface area contributed by atoms with E-state index in [1.54, 1.807) is 30.3 Å². The highest BCUT2D eigenvalue weighted by Gasteiger charge is 2.07. The van der Waals surface area contributed by atoms with Gasteiger partial charge in [0, 0.05) is 5.39 Å². The van der Waals surface area contributed by atoms with Gasteiger partial charge in [0.25, 0.3) is 0 Å². The van der Waals surface area contributed by atoms with E-state index in [9.17, 15) is 10.2 Å². The molecule has 3 aromatic carbocycles. The van der Waals surface area contributed by atoms with Crippen LogP contribution in [0.25, 0.3) is 10.8 Å². The molecule has 0 heterocycles. The first kappa shape index (κ1) is 13.1. The average molecular weight is 278 g/mol. The predicted molar refractivity (Wildman–Crippen MR) is 82.6 cm³/mol. The zero-order valence-electron chi connectivity index (χ0n) is 11.5. The van der Waals surface area contributed by atoms with E-state index in [0.717, 1.165) is 10.9 Å². The molecule has 0 radical (unpaired) electrons. The van der Waals surface area contributed by atoms with Crippen molar-refractivity contribution in [3.63, 3.8) is 0 Å². The molecule has 0 amide bonds. The van der Waals surface area contributed by atoms with Gasteiger partial charge in [0.15, 0.2) is 0 Å². The first-order chi connectivity index (χ1) is 10.1. The van der Waals surface area contributed by atoms with E-state index in [0.29, 0.717) is 16.8 Å². The minimum atomic E-state index is 0.0314. The van der Waals surface area contributed by atoms with Crippen LogP contribution < -0.4 is 0 Å². The number of fused-ring (bicyclic) bond motifs is 1. The van der Waals surface area contributed by atoms with E-state index in [2.05, 4.69) is 10.2 Å². The number of benzene rings is 3. The maximum absolute atomic E-state index is 9.99. The summed E-state index contributed by atoms with van der Waals surface area (Å²) in [6.45, 7) is 2.00. The van der Waals surface area contributed by atoms with E-state index in [1.807, 2.05) is 31.2 Å². The van der Waals surface area contributed by atoms with Crippen molar-refractivity contribution in [2.24, 2.45) is 10.2 Å². The highest BCUT2D eigenvalue weighted by atomic mass is 16.3. The van der Waals surface area contributed by atoms with E-state index >= 15 is 0 Å². The quantitative estimate of drug-likeness (QED) is 0.649. The fraction of sp³-hybridized carbons (Fsp3) is 0.0588. The summed E-state index contributed by atoms with van der Waals surface area (Å²) in [5.74, 6) is 0.156. The fourth-order valence-corrected chi connectivity index (χ4v) is 2.10. The second-order valence-corrected chi connectivity index (χ2v) is 4.87. The number of aryl methyl sites for hydroxylation is 1. The summed E-state index contributed by atoms with van der Waals surface area (Å²) in [7, 11) is 0. The van der Waals surface area contributed by atoms with Gasteiger partial charge in [-0.2, -0.15) is 5.11 Å². The molecule has 3 aromatic rings. The Hall–Kier alpha value is -2.88. The molecule has 104 valence electrons. The molecule has 0 aliphatic heterocycles. The van der Waals surface area contributed by atoms with E-state index < -0.39 is 0 Å². The third-order valence-corrected chi connectivity index (χ3v) is 3.25. The average Bonchev–Trinajstić information content (AvgIpc) is 2.48. The predicted octanol–water partition coefficient (Wildman–Crippen LogP) is 4.97. The maximum Gasteiger partial charge on any atom is 0.143 e. The molecule has 0 spiro atoms. The number of aromatic hydroxyl groups is 2. The molecule has 0 aliphatic carbocycles. The van der Waals surface area contributed by atoms with Gasteiger partial charge < -0.3 is 10.2 Å². The third-order valence-electron chi connectivity index (χ3n) is 3.25. The summed E-state index contributed by atoms with van der Waals surface area (Å²) in [4.78, 5) is 0. The van der Waals surface area contributed by atoms with Gasteiger partial charge in [-0.05, 0) is 42.6 Å². The normalized spacial score (nSPS) is 11.3. The minimum absolute atomic E-state index is 0.0314. The highest BCUT2D eigenvalue weighted by Crippen LogP contribution is 2.37. The van der Waals surface area contributed by atoms with Crippen LogP contribution in [0.3, 0.4) is 0 Å². The van der Waals surface area contributed by atoms with Gasteiger partial charge in [0.05, 0.1) is 5.69 Å². The molecular weight excluding hydrogens is 264 g/mol. The molecule has 0 atom stereocenters. The number of rotatable bonds is 2. The van der Waals surface area contributed by atoms with Crippen LogP contribution in [0.5, 0.6) is 11.5 Å². The van der Waals surface area contributed by atoms with Crippen molar-refractivity contribution in [3.8, 4) is 11.5 Å². The van der Waals surface area contributed by atoms with Gasteiger partial charge in [0.1, 0.15) is 17.2 Å². The van der Waals surface area contributed by atoms with Crippen LogP contribution in [0.1, 0.15) is 5.56 Å². The molecule has 3 rings (SSSR count). The number of hydrogen-bond acceptors (Lipinski definition) is 4. The number of phenolic OH excluding ortho intramolecular Hbond substituents is 2. The monoisotopic (exact) mass is 278 g/mol. The SMILES string of the molecule is Cc1ccc(N=Nc2c(O)ccc3ccc(O)cc23)cc1. The van der Waals surface area contributed by atoms with Gasteiger partial charge in [-0.25, -0.2) is 0 Å². The fourth-order valence-electron chi connectivity index (χ4n) is 2.10. The van der Waals surface area contributed by atoms with Crippen molar-refractivity contribution in [2.45, 2.75) is 6.92 Å². The van der Waals surface area contributed by atoms with Gasteiger partial charge >= 0.3 is 0 Å². The summed E-state index contributed by atoms with van der Waals surface area (Å²) in [5.41, 5.74) is 2.20. The molecule has 2 N–H and O–H groups in total. The molecule has 0 unspecified atom stereocenters. The summed E-state index contributed by atoms with van der Waals surface area (Å²) in [6.07, 6.45) is 0. The molecule has 4 heteroatoms. The molecule has 0 bridgehead atoms. The van der Waals surface area contributed by atoms with E-state index in [4.69, 9.17) is 0 Å². The lowest BCUT2D eigenvalue weighted by molar-refractivity contribution is 0.475. The Balaban J connectivity index is 2.09. The first-order valence-corrected chi connectivity index (χ1v) is 6.56. The largest absolute Gasteiger partial charge is 0.508 e. The van der Waals surface area contributed by atoms with Crippen LogP contribution in [-0.4, -0.2) is 10.2 Å². The number of hydrogen-bond donors (Lipinski definition) is 2. The minimum Gasteiger partial charge on any atom is -0.508 e. The molecule has 4 nitrogen and oxygen atoms in total. The van der Waals surface area contributed by atoms with Crippen molar-refractivity contribution in [3.05, 3.63) is 60.2 Å². The van der Waals surface area contributed by atoms with E-state index in [1.165, 1.54) is 0 Å². The number of azo groups is 1. The molecule has 0 aromatic heterocycles. The number of nitrogens with zero attached hydrogens (tertiary/aromatic N) is 2.